The fourth-order valence-electron chi connectivity index (χ4n) is 0.858. The zero-order chi connectivity index (χ0) is 6.69. The van der Waals surface area contributed by atoms with Crippen LogP contribution in [0.4, 0.5) is 0 Å². The van der Waals surface area contributed by atoms with Gasteiger partial charge in [-0.25, -0.2) is 0 Å². The summed E-state index contributed by atoms with van der Waals surface area (Å²) in [5.74, 6) is 0. The van der Waals surface area contributed by atoms with Crippen LogP contribution in [0, 0.1) is 6.92 Å². The van der Waals surface area contributed by atoms with Crippen LogP contribution in [0.2, 0.25) is 0 Å². The summed E-state index contributed by atoms with van der Waals surface area (Å²) in [7, 11) is 0. The summed E-state index contributed by atoms with van der Waals surface area (Å²) >= 11 is 5.72. The first-order valence-corrected chi connectivity index (χ1v) is 3.53. The second kappa shape index (κ2) is 5.19. The van der Waals surface area contributed by atoms with E-state index < -0.39 is 0 Å². The summed E-state index contributed by atoms with van der Waals surface area (Å²) in [6, 6.07) is 0. The molecule has 1 rings (SSSR count). The summed E-state index contributed by atoms with van der Waals surface area (Å²) in [6.07, 6.45) is 0. The van der Waals surface area contributed by atoms with Crippen molar-refractivity contribution in [2.24, 2.45) is 0 Å². The molecule has 0 aromatic heterocycles. The van der Waals surface area contributed by atoms with Gasteiger partial charge in [-0.05, 0) is 6.92 Å². The molecule has 1 aliphatic rings. The highest BCUT2D eigenvalue weighted by Gasteiger charge is 2.13. The van der Waals surface area contributed by atoms with E-state index in [1.165, 1.54) is 0 Å². The molecule has 0 saturated carbocycles. The third-order valence-corrected chi connectivity index (χ3v) is 1.72. The molecule has 61 valence electrons. The molecule has 1 unspecified atom stereocenters. The first-order chi connectivity index (χ1) is 4.30. The average Bonchev–Trinajstić information content (AvgIpc) is 1.90. The Balaban J connectivity index is 0.000000810. The Morgan fingerprint density at radius 3 is 2.20 bits per heavy atom. The van der Waals surface area contributed by atoms with Crippen LogP contribution in [0.25, 0.3) is 0 Å². The van der Waals surface area contributed by atoms with Crippen molar-refractivity contribution in [3.63, 3.8) is 0 Å². The number of morpholine rings is 1. The van der Waals surface area contributed by atoms with Gasteiger partial charge in [0, 0.05) is 13.1 Å². The lowest BCUT2D eigenvalue weighted by atomic mass is 10.4. The SMILES string of the molecule is Cl.[CH2]C(Cl)N1CCOCC1. The van der Waals surface area contributed by atoms with Crippen LogP contribution >= 0.6 is 24.0 Å². The van der Waals surface area contributed by atoms with E-state index >= 15 is 0 Å². The van der Waals surface area contributed by atoms with Crippen molar-refractivity contribution in [2.45, 2.75) is 5.50 Å². The van der Waals surface area contributed by atoms with Crippen molar-refractivity contribution in [3.8, 4) is 0 Å². The van der Waals surface area contributed by atoms with Gasteiger partial charge in [0.05, 0.1) is 18.7 Å². The van der Waals surface area contributed by atoms with Crippen LogP contribution in [-0.4, -0.2) is 36.7 Å². The zero-order valence-corrected chi connectivity index (χ0v) is 7.33. The molecule has 0 aliphatic carbocycles. The van der Waals surface area contributed by atoms with Crippen molar-refractivity contribution in [2.75, 3.05) is 26.3 Å². The third-order valence-electron chi connectivity index (χ3n) is 1.44. The maximum Gasteiger partial charge on any atom is 0.0852 e. The Labute approximate surface area is 72.9 Å². The third kappa shape index (κ3) is 3.06. The van der Waals surface area contributed by atoms with E-state index in [1.54, 1.807) is 0 Å². The topological polar surface area (TPSA) is 12.5 Å². The minimum atomic E-state index is -0.0890. The standard InChI is InChI=1S/C6H11ClNO.ClH/c1-6(7)8-2-4-9-5-3-8;/h6H,1-5H2;1H. The van der Waals surface area contributed by atoms with Gasteiger partial charge in [0.1, 0.15) is 0 Å². The molecule has 0 spiro atoms. The van der Waals surface area contributed by atoms with Crippen molar-refractivity contribution in [3.05, 3.63) is 6.92 Å². The lowest BCUT2D eigenvalue weighted by molar-refractivity contribution is 0.0373. The Morgan fingerprint density at radius 2 is 1.90 bits per heavy atom. The number of alkyl halides is 1. The molecule has 0 aromatic carbocycles. The van der Waals surface area contributed by atoms with Crippen molar-refractivity contribution in [1.29, 1.82) is 0 Å². The number of hydrogen-bond donors (Lipinski definition) is 0. The number of ether oxygens (including phenoxy) is 1. The van der Waals surface area contributed by atoms with Gasteiger partial charge < -0.3 is 4.74 Å². The van der Waals surface area contributed by atoms with Crippen molar-refractivity contribution in [1.82, 2.24) is 4.90 Å². The molecule has 10 heavy (non-hydrogen) atoms. The predicted octanol–water partition coefficient (Wildman–Crippen LogP) is 1.14. The van der Waals surface area contributed by atoms with Crippen LogP contribution < -0.4 is 0 Å². The van der Waals surface area contributed by atoms with Crippen LogP contribution in [0.5, 0.6) is 0 Å². The predicted molar refractivity (Wildman–Crippen MR) is 44.6 cm³/mol. The van der Waals surface area contributed by atoms with Gasteiger partial charge in [0.25, 0.3) is 0 Å². The molecule has 0 N–H and O–H groups in total. The molecule has 0 amide bonds. The normalized spacial score (nSPS) is 23.4. The van der Waals surface area contributed by atoms with Gasteiger partial charge in [0.2, 0.25) is 0 Å². The summed E-state index contributed by atoms with van der Waals surface area (Å²) in [5, 5.41) is 0. The minimum Gasteiger partial charge on any atom is -0.379 e. The van der Waals surface area contributed by atoms with E-state index in [4.69, 9.17) is 16.3 Å². The van der Waals surface area contributed by atoms with E-state index in [1.807, 2.05) is 0 Å². The molecular formula is C6H12Cl2NO. The fourth-order valence-corrected chi connectivity index (χ4v) is 1.05. The van der Waals surface area contributed by atoms with Gasteiger partial charge in [0.15, 0.2) is 0 Å². The highest BCUT2D eigenvalue weighted by Crippen LogP contribution is 2.05. The van der Waals surface area contributed by atoms with E-state index in [0.717, 1.165) is 26.3 Å². The van der Waals surface area contributed by atoms with Crippen LogP contribution in [-0.2, 0) is 4.74 Å². The van der Waals surface area contributed by atoms with Gasteiger partial charge in [-0.15, -0.1) is 24.0 Å². The van der Waals surface area contributed by atoms with Gasteiger partial charge in [-0.1, -0.05) is 0 Å². The maximum atomic E-state index is 5.72. The van der Waals surface area contributed by atoms with Crippen LogP contribution in [0.3, 0.4) is 0 Å². The summed E-state index contributed by atoms with van der Waals surface area (Å²) in [4.78, 5) is 2.09. The Morgan fingerprint density at radius 1 is 1.40 bits per heavy atom. The van der Waals surface area contributed by atoms with E-state index in [9.17, 15) is 0 Å². The quantitative estimate of drug-likeness (QED) is 0.448. The smallest absolute Gasteiger partial charge is 0.0852 e. The highest BCUT2D eigenvalue weighted by molar-refractivity contribution is 6.20. The molecule has 1 fully saturated rings. The molecule has 2 nitrogen and oxygen atoms in total. The van der Waals surface area contributed by atoms with Gasteiger partial charge >= 0.3 is 0 Å². The molecular weight excluding hydrogens is 173 g/mol. The maximum absolute atomic E-state index is 5.72. The summed E-state index contributed by atoms with van der Waals surface area (Å²) in [5.41, 5.74) is -0.0890. The van der Waals surface area contributed by atoms with Crippen molar-refractivity contribution >= 4 is 24.0 Å². The Bertz CT molecular complexity index is 83.8. The monoisotopic (exact) mass is 184 g/mol. The van der Waals surface area contributed by atoms with Gasteiger partial charge in [-0.2, -0.15) is 0 Å². The lowest BCUT2D eigenvalue weighted by Crippen LogP contribution is -2.39. The summed E-state index contributed by atoms with van der Waals surface area (Å²) < 4.78 is 5.12. The minimum absolute atomic E-state index is 0. The van der Waals surface area contributed by atoms with E-state index in [2.05, 4.69) is 11.8 Å². The molecule has 1 atom stereocenters. The second-order valence-electron chi connectivity index (χ2n) is 2.08. The van der Waals surface area contributed by atoms with Gasteiger partial charge in [-0.3, -0.25) is 4.90 Å². The highest BCUT2D eigenvalue weighted by atomic mass is 35.5. The Kier molecular flexibility index (Phi) is 5.45. The fraction of sp³-hybridized carbons (Fsp3) is 0.833. The molecule has 1 aliphatic heterocycles. The largest absolute Gasteiger partial charge is 0.379 e. The molecule has 4 heteroatoms. The van der Waals surface area contributed by atoms with E-state index in [-0.39, 0.29) is 17.9 Å². The second-order valence-corrected chi connectivity index (χ2v) is 2.59. The first-order valence-electron chi connectivity index (χ1n) is 3.09. The van der Waals surface area contributed by atoms with Crippen LogP contribution in [0.15, 0.2) is 0 Å². The molecule has 1 saturated heterocycles. The first kappa shape index (κ1) is 10.5. The number of hydrogen-bond acceptors (Lipinski definition) is 2. The molecule has 0 bridgehead atoms. The average molecular weight is 185 g/mol. The number of nitrogens with zero attached hydrogens (tertiary/aromatic N) is 1. The Hall–Kier alpha value is 0.500. The van der Waals surface area contributed by atoms with Crippen molar-refractivity contribution < 1.29 is 4.74 Å². The summed E-state index contributed by atoms with van der Waals surface area (Å²) in [6.45, 7) is 7.11. The molecule has 1 radical (unpaired) electrons. The molecule has 0 aromatic rings. The van der Waals surface area contributed by atoms with Crippen LogP contribution in [0.1, 0.15) is 0 Å². The number of halogens is 2. The number of rotatable bonds is 1. The van der Waals surface area contributed by atoms with E-state index in [0.29, 0.717) is 0 Å². The zero-order valence-electron chi connectivity index (χ0n) is 5.75. The molecule has 1 heterocycles. The lowest BCUT2D eigenvalue weighted by Gasteiger charge is -2.28.